The number of methoxy groups -OCH3 is 1. The van der Waals surface area contributed by atoms with Crippen molar-refractivity contribution in [1.82, 2.24) is 0 Å². The van der Waals surface area contributed by atoms with Gasteiger partial charge in [0.15, 0.2) is 0 Å². The molecule has 0 heterocycles. The summed E-state index contributed by atoms with van der Waals surface area (Å²) >= 11 is 3.46. The third-order valence-electron chi connectivity index (χ3n) is 4.06. The minimum Gasteiger partial charge on any atom is -0.496 e. The van der Waals surface area contributed by atoms with Gasteiger partial charge in [0.1, 0.15) is 5.75 Å². The van der Waals surface area contributed by atoms with Crippen molar-refractivity contribution in [2.75, 3.05) is 7.11 Å². The molecule has 1 aliphatic rings. The third-order valence-corrected chi connectivity index (χ3v) is 4.68. The minimum atomic E-state index is -0.458. The first-order chi connectivity index (χ1) is 9.13. The topological polar surface area (TPSA) is 55.5 Å². The Morgan fingerprint density at radius 1 is 1.32 bits per heavy atom. The Bertz CT molecular complexity index is 419. The third kappa shape index (κ3) is 3.50. The first kappa shape index (κ1) is 14.8. The van der Waals surface area contributed by atoms with Crippen molar-refractivity contribution in [3.05, 3.63) is 28.2 Å². The average Bonchev–Trinajstić information content (AvgIpc) is 2.46. The minimum absolute atomic E-state index is 0.328. The van der Waals surface area contributed by atoms with Crippen LogP contribution in [0.1, 0.15) is 43.7 Å². The molecular formula is C15H22BrNO2. The molecule has 3 N–H and O–H groups in total. The van der Waals surface area contributed by atoms with Gasteiger partial charge in [-0.2, -0.15) is 0 Å². The lowest BCUT2D eigenvalue weighted by molar-refractivity contribution is 0.0618. The second kappa shape index (κ2) is 6.73. The van der Waals surface area contributed by atoms with E-state index in [0.717, 1.165) is 28.6 Å². The van der Waals surface area contributed by atoms with Gasteiger partial charge >= 0.3 is 0 Å². The monoisotopic (exact) mass is 327 g/mol. The number of aliphatic hydroxyl groups excluding tert-OH is 1. The van der Waals surface area contributed by atoms with Crippen LogP contribution in [0, 0.1) is 5.92 Å². The lowest BCUT2D eigenvalue weighted by Crippen LogP contribution is -2.34. The van der Waals surface area contributed by atoms with E-state index in [9.17, 15) is 5.11 Å². The molecule has 0 aliphatic heterocycles. The van der Waals surface area contributed by atoms with Crippen LogP contribution in [0.5, 0.6) is 5.75 Å². The van der Waals surface area contributed by atoms with Crippen molar-refractivity contribution in [3.8, 4) is 5.75 Å². The lowest BCUT2D eigenvalue weighted by Gasteiger charge is -2.30. The summed E-state index contributed by atoms with van der Waals surface area (Å²) in [6.45, 7) is 0. The van der Waals surface area contributed by atoms with Crippen LogP contribution >= 0.6 is 15.9 Å². The Kier molecular flexibility index (Phi) is 5.25. The second-order valence-corrected chi connectivity index (χ2v) is 6.16. The largest absolute Gasteiger partial charge is 0.496 e. The highest BCUT2D eigenvalue weighted by Crippen LogP contribution is 2.33. The summed E-state index contributed by atoms with van der Waals surface area (Å²) in [6.07, 6.45) is 5.42. The summed E-state index contributed by atoms with van der Waals surface area (Å²) in [5.74, 6) is 1.12. The standard InChI is InChI=1S/C15H22BrNO2/c1-19-13-8-7-11(9-12(13)16)14(17)15(18)10-5-3-2-4-6-10/h7-10,14-15,18H,2-6,17H2,1H3/t14-,15+/m0/s1. The number of nitrogens with two attached hydrogens (primary N) is 1. The van der Waals surface area contributed by atoms with Gasteiger partial charge < -0.3 is 15.6 Å². The number of ether oxygens (including phenoxy) is 1. The fraction of sp³-hybridized carbons (Fsp3) is 0.600. The molecule has 1 aromatic rings. The summed E-state index contributed by atoms with van der Waals surface area (Å²) in [6, 6.07) is 5.42. The van der Waals surface area contributed by atoms with Crippen molar-refractivity contribution in [2.45, 2.75) is 44.2 Å². The molecule has 0 saturated heterocycles. The van der Waals surface area contributed by atoms with Crippen LogP contribution in [-0.4, -0.2) is 18.3 Å². The first-order valence-corrected chi connectivity index (χ1v) is 7.70. The van der Waals surface area contributed by atoms with Gasteiger partial charge in [0.2, 0.25) is 0 Å². The van der Waals surface area contributed by atoms with Gasteiger partial charge in [-0.05, 0) is 52.4 Å². The molecule has 1 aromatic carbocycles. The summed E-state index contributed by atoms with van der Waals surface area (Å²) in [4.78, 5) is 0. The molecule has 1 fully saturated rings. The maximum absolute atomic E-state index is 10.4. The highest BCUT2D eigenvalue weighted by Gasteiger charge is 2.27. The van der Waals surface area contributed by atoms with Gasteiger partial charge in [-0.3, -0.25) is 0 Å². The van der Waals surface area contributed by atoms with Gasteiger partial charge in [-0.15, -0.1) is 0 Å². The molecule has 19 heavy (non-hydrogen) atoms. The molecule has 2 rings (SSSR count). The molecule has 3 nitrogen and oxygen atoms in total. The molecule has 106 valence electrons. The van der Waals surface area contributed by atoms with Crippen molar-refractivity contribution in [1.29, 1.82) is 0 Å². The first-order valence-electron chi connectivity index (χ1n) is 6.90. The number of hydrogen-bond acceptors (Lipinski definition) is 3. The van der Waals surface area contributed by atoms with E-state index in [-0.39, 0.29) is 6.04 Å². The number of rotatable bonds is 4. The van der Waals surface area contributed by atoms with Gasteiger partial charge in [0.05, 0.1) is 23.7 Å². The van der Waals surface area contributed by atoms with E-state index in [4.69, 9.17) is 10.5 Å². The summed E-state index contributed by atoms with van der Waals surface area (Å²) in [7, 11) is 1.64. The highest BCUT2D eigenvalue weighted by molar-refractivity contribution is 9.10. The highest BCUT2D eigenvalue weighted by atomic mass is 79.9. The van der Waals surface area contributed by atoms with E-state index < -0.39 is 6.10 Å². The zero-order valence-electron chi connectivity index (χ0n) is 11.3. The zero-order valence-corrected chi connectivity index (χ0v) is 12.9. The van der Waals surface area contributed by atoms with Gasteiger partial charge in [-0.1, -0.05) is 25.3 Å². The Morgan fingerprint density at radius 2 is 2.00 bits per heavy atom. The predicted molar refractivity (Wildman–Crippen MR) is 80.2 cm³/mol. The zero-order chi connectivity index (χ0) is 13.8. The molecule has 0 unspecified atom stereocenters. The van der Waals surface area contributed by atoms with Crippen LogP contribution < -0.4 is 10.5 Å². The second-order valence-electron chi connectivity index (χ2n) is 5.31. The number of hydrogen-bond donors (Lipinski definition) is 2. The Balaban J connectivity index is 2.09. The maximum atomic E-state index is 10.4. The van der Waals surface area contributed by atoms with Gasteiger partial charge in [0, 0.05) is 0 Å². The van der Waals surface area contributed by atoms with Crippen molar-refractivity contribution >= 4 is 15.9 Å². The van der Waals surface area contributed by atoms with Crippen LogP contribution in [0.15, 0.2) is 22.7 Å². The quantitative estimate of drug-likeness (QED) is 0.891. The maximum Gasteiger partial charge on any atom is 0.133 e. The number of aliphatic hydroxyl groups is 1. The van der Waals surface area contributed by atoms with E-state index in [1.807, 2.05) is 18.2 Å². The summed E-state index contributed by atoms with van der Waals surface area (Å²) < 4.78 is 6.08. The van der Waals surface area contributed by atoms with Crippen molar-refractivity contribution < 1.29 is 9.84 Å². The molecule has 0 bridgehead atoms. The Labute approximate surface area is 123 Å². The molecule has 2 atom stereocenters. The van der Waals surface area contributed by atoms with Crippen molar-refractivity contribution in [2.24, 2.45) is 11.7 Å². The van der Waals surface area contributed by atoms with E-state index in [1.165, 1.54) is 19.3 Å². The van der Waals surface area contributed by atoms with Crippen LogP contribution in [0.2, 0.25) is 0 Å². The molecule has 0 radical (unpaired) electrons. The molecule has 4 heteroatoms. The Hall–Kier alpha value is -0.580. The molecule has 1 saturated carbocycles. The van der Waals surface area contributed by atoms with E-state index in [0.29, 0.717) is 5.92 Å². The molecule has 0 amide bonds. The summed E-state index contributed by atoms with van der Waals surface area (Å²) in [5, 5.41) is 10.4. The lowest BCUT2D eigenvalue weighted by atomic mass is 9.81. The Morgan fingerprint density at radius 3 is 2.58 bits per heavy atom. The molecule has 1 aliphatic carbocycles. The SMILES string of the molecule is COc1ccc([C@H](N)[C@H](O)C2CCCCC2)cc1Br. The van der Waals surface area contributed by atoms with Gasteiger partial charge in [0.25, 0.3) is 0 Å². The van der Waals surface area contributed by atoms with Crippen LogP contribution in [0.25, 0.3) is 0 Å². The number of benzene rings is 1. The van der Waals surface area contributed by atoms with Crippen LogP contribution in [0.4, 0.5) is 0 Å². The van der Waals surface area contributed by atoms with Gasteiger partial charge in [-0.25, -0.2) is 0 Å². The smallest absolute Gasteiger partial charge is 0.133 e. The van der Waals surface area contributed by atoms with Crippen molar-refractivity contribution in [3.63, 3.8) is 0 Å². The fourth-order valence-electron chi connectivity index (χ4n) is 2.86. The fourth-order valence-corrected chi connectivity index (χ4v) is 3.41. The van der Waals surface area contributed by atoms with E-state index in [2.05, 4.69) is 15.9 Å². The average molecular weight is 328 g/mol. The normalized spacial score (nSPS) is 20.0. The van der Waals surface area contributed by atoms with E-state index in [1.54, 1.807) is 7.11 Å². The molecular weight excluding hydrogens is 306 g/mol. The molecule has 0 aromatic heterocycles. The van der Waals surface area contributed by atoms with E-state index >= 15 is 0 Å². The summed E-state index contributed by atoms with van der Waals surface area (Å²) in [5.41, 5.74) is 7.17. The number of halogens is 1. The molecule has 0 spiro atoms. The van der Waals surface area contributed by atoms with Crippen LogP contribution in [-0.2, 0) is 0 Å². The van der Waals surface area contributed by atoms with Crippen LogP contribution in [0.3, 0.4) is 0 Å². The predicted octanol–water partition coefficient (Wildman–Crippen LogP) is 3.40.